The average molecular weight is 592 g/mol. The van der Waals surface area contributed by atoms with Crippen LogP contribution in [-0.2, 0) is 9.59 Å². The molecule has 0 saturated carbocycles. The Kier molecular flexibility index (Phi) is 10.7. The monoisotopic (exact) mass is 592 g/mol. The highest BCUT2D eigenvalue weighted by Gasteiger charge is 2.77. The van der Waals surface area contributed by atoms with Crippen molar-refractivity contribution in [1.82, 2.24) is 20.4 Å². The van der Waals surface area contributed by atoms with Crippen molar-refractivity contribution < 1.29 is 71.1 Å². The highest BCUT2D eigenvalue weighted by molar-refractivity contribution is 5.85. The standard InChI is InChI=1S/C18H22F14N4O2/c19-13(20,15(23,24)17(27,28)29)11(37)33-3-1-5-35-7-9-36(10-8-35)6-2-4-34-12(38)14(21,22)16(25,26)18(30,31)32/h1-10H2,(H,33,37)(H,34,38). The Labute approximate surface area is 205 Å². The van der Waals surface area contributed by atoms with Gasteiger partial charge in [0.05, 0.1) is 0 Å². The van der Waals surface area contributed by atoms with Crippen LogP contribution in [0.15, 0.2) is 0 Å². The molecule has 0 aromatic carbocycles. The lowest BCUT2D eigenvalue weighted by atomic mass is 10.1. The minimum absolute atomic E-state index is 0.0950. The fourth-order valence-electron chi connectivity index (χ4n) is 3.11. The molecule has 0 aromatic heterocycles. The molecule has 0 aliphatic carbocycles. The van der Waals surface area contributed by atoms with Crippen molar-refractivity contribution >= 4 is 11.8 Å². The van der Waals surface area contributed by atoms with Gasteiger partial charge in [0.25, 0.3) is 11.8 Å². The van der Waals surface area contributed by atoms with E-state index in [0.29, 0.717) is 26.2 Å². The molecule has 1 fully saturated rings. The average Bonchev–Trinajstić information content (AvgIpc) is 2.78. The van der Waals surface area contributed by atoms with Gasteiger partial charge in [-0.3, -0.25) is 9.59 Å². The smallest absolute Gasteiger partial charge is 0.351 e. The first-order valence-electron chi connectivity index (χ1n) is 10.7. The number of nitrogens with one attached hydrogen (secondary N) is 2. The summed E-state index contributed by atoms with van der Waals surface area (Å²) in [7, 11) is 0. The fourth-order valence-corrected chi connectivity index (χ4v) is 3.11. The topological polar surface area (TPSA) is 64.7 Å². The molecular formula is C18H22F14N4O2. The first-order chi connectivity index (χ1) is 17.0. The Morgan fingerprint density at radius 2 is 0.789 bits per heavy atom. The lowest BCUT2D eigenvalue weighted by Gasteiger charge is -2.34. The summed E-state index contributed by atoms with van der Waals surface area (Å²) in [6.45, 7) is 0.177. The van der Waals surface area contributed by atoms with Crippen LogP contribution in [0, 0.1) is 0 Å². The van der Waals surface area contributed by atoms with E-state index in [1.54, 1.807) is 9.80 Å². The second-order valence-electron chi connectivity index (χ2n) is 8.20. The van der Waals surface area contributed by atoms with Crippen molar-refractivity contribution in [2.45, 2.75) is 48.9 Å². The predicted octanol–water partition coefficient (Wildman–Crippen LogP) is 3.28. The molecule has 2 amide bonds. The van der Waals surface area contributed by atoms with Gasteiger partial charge in [-0.2, -0.15) is 61.5 Å². The Balaban J connectivity index is 2.33. The third-order valence-electron chi connectivity index (χ3n) is 5.41. The first-order valence-corrected chi connectivity index (χ1v) is 10.7. The second-order valence-corrected chi connectivity index (χ2v) is 8.20. The molecule has 1 saturated heterocycles. The van der Waals surface area contributed by atoms with Crippen molar-refractivity contribution in [3.05, 3.63) is 0 Å². The van der Waals surface area contributed by atoms with Crippen LogP contribution in [0.4, 0.5) is 61.5 Å². The minimum atomic E-state index is -6.65. The minimum Gasteiger partial charge on any atom is -0.351 e. The number of carbonyl (C=O) groups excluding carboxylic acids is 2. The number of rotatable bonds is 12. The highest BCUT2D eigenvalue weighted by atomic mass is 19.4. The summed E-state index contributed by atoms with van der Waals surface area (Å²) in [6, 6.07) is 0. The van der Waals surface area contributed by atoms with Crippen LogP contribution in [0.2, 0.25) is 0 Å². The van der Waals surface area contributed by atoms with Gasteiger partial charge in [0.2, 0.25) is 0 Å². The number of piperazine rings is 1. The Morgan fingerprint density at radius 3 is 1.03 bits per heavy atom. The molecule has 2 N–H and O–H groups in total. The van der Waals surface area contributed by atoms with Gasteiger partial charge in [-0.25, -0.2) is 0 Å². The van der Waals surface area contributed by atoms with Crippen LogP contribution in [-0.4, -0.2) is 110 Å². The molecule has 0 aromatic rings. The number of hydrogen-bond donors (Lipinski definition) is 2. The zero-order chi connectivity index (χ0) is 29.8. The van der Waals surface area contributed by atoms with Crippen molar-refractivity contribution in [3.8, 4) is 0 Å². The number of alkyl halides is 14. The van der Waals surface area contributed by atoms with Gasteiger partial charge in [0, 0.05) is 39.3 Å². The lowest BCUT2D eigenvalue weighted by molar-refractivity contribution is -0.344. The normalized spacial score (nSPS) is 17.4. The van der Waals surface area contributed by atoms with Crippen LogP contribution in [0.3, 0.4) is 0 Å². The van der Waals surface area contributed by atoms with Crippen LogP contribution in [0.5, 0.6) is 0 Å². The number of nitrogens with zero attached hydrogens (tertiary/aromatic N) is 2. The van der Waals surface area contributed by atoms with E-state index in [2.05, 4.69) is 0 Å². The van der Waals surface area contributed by atoms with Gasteiger partial charge >= 0.3 is 36.0 Å². The molecule has 0 unspecified atom stereocenters. The highest BCUT2D eigenvalue weighted by Crippen LogP contribution is 2.47. The summed E-state index contributed by atoms with van der Waals surface area (Å²) in [6.07, 6.45) is -13.5. The van der Waals surface area contributed by atoms with Crippen LogP contribution in [0.25, 0.3) is 0 Å². The van der Waals surface area contributed by atoms with Crippen molar-refractivity contribution in [2.24, 2.45) is 0 Å². The third kappa shape index (κ3) is 7.50. The van der Waals surface area contributed by atoms with Gasteiger partial charge in [0.1, 0.15) is 0 Å². The van der Waals surface area contributed by atoms with E-state index in [4.69, 9.17) is 0 Å². The molecule has 1 aliphatic heterocycles. The number of amides is 2. The number of halogens is 14. The maximum Gasteiger partial charge on any atom is 0.460 e. The molecule has 1 aliphatic rings. The van der Waals surface area contributed by atoms with Gasteiger partial charge in [-0.15, -0.1) is 0 Å². The maximum atomic E-state index is 13.2. The van der Waals surface area contributed by atoms with Crippen LogP contribution < -0.4 is 10.6 Å². The quantitative estimate of drug-likeness (QED) is 0.270. The first kappa shape index (κ1) is 33.9. The zero-order valence-corrected chi connectivity index (χ0v) is 19.1. The summed E-state index contributed by atoms with van der Waals surface area (Å²) in [5, 5.41) is 2.64. The van der Waals surface area contributed by atoms with Gasteiger partial charge in [-0.1, -0.05) is 0 Å². The largest absolute Gasteiger partial charge is 0.460 e. The van der Waals surface area contributed by atoms with Gasteiger partial charge in [-0.05, 0) is 25.9 Å². The number of hydrogen-bond acceptors (Lipinski definition) is 4. The SMILES string of the molecule is O=C(NCCCN1CCN(CCCNC(=O)C(F)(F)C(F)(F)C(F)(F)F)CC1)C(F)(F)C(F)(F)C(F)(F)F. The maximum absolute atomic E-state index is 13.2. The van der Waals surface area contributed by atoms with Crippen molar-refractivity contribution in [2.75, 3.05) is 52.4 Å². The lowest BCUT2D eigenvalue weighted by Crippen LogP contribution is -2.59. The Hall–Kier alpha value is -2.12. The van der Waals surface area contributed by atoms with E-state index in [9.17, 15) is 71.1 Å². The second kappa shape index (κ2) is 12.0. The molecule has 38 heavy (non-hydrogen) atoms. The summed E-state index contributed by atoms with van der Waals surface area (Å²) < 4.78 is 177. The molecule has 1 rings (SSSR count). The van der Waals surface area contributed by atoms with E-state index in [0.717, 1.165) is 0 Å². The molecule has 0 bridgehead atoms. The van der Waals surface area contributed by atoms with E-state index < -0.39 is 60.9 Å². The van der Waals surface area contributed by atoms with Gasteiger partial charge in [0.15, 0.2) is 0 Å². The molecule has 1 heterocycles. The summed E-state index contributed by atoms with van der Waals surface area (Å²) in [5.41, 5.74) is 0. The van der Waals surface area contributed by atoms with Crippen molar-refractivity contribution in [3.63, 3.8) is 0 Å². The molecule has 20 heteroatoms. The Morgan fingerprint density at radius 1 is 0.526 bits per heavy atom. The molecule has 6 nitrogen and oxygen atoms in total. The molecule has 0 atom stereocenters. The zero-order valence-electron chi connectivity index (χ0n) is 19.1. The number of carbonyl (C=O) groups is 2. The van der Waals surface area contributed by atoms with E-state index in [-0.39, 0.29) is 25.9 Å². The van der Waals surface area contributed by atoms with Gasteiger partial charge < -0.3 is 20.4 Å². The Bertz CT molecular complexity index is 742. The summed E-state index contributed by atoms with van der Waals surface area (Å²) in [5.74, 6) is -30.8. The van der Waals surface area contributed by atoms with E-state index in [1.165, 1.54) is 10.6 Å². The third-order valence-corrected chi connectivity index (χ3v) is 5.41. The summed E-state index contributed by atoms with van der Waals surface area (Å²) in [4.78, 5) is 25.7. The van der Waals surface area contributed by atoms with E-state index in [1.807, 2.05) is 0 Å². The van der Waals surface area contributed by atoms with Crippen LogP contribution in [0.1, 0.15) is 12.8 Å². The predicted molar refractivity (Wildman–Crippen MR) is 100 cm³/mol. The summed E-state index contributed by atoms with van der Waals surface area (Å²) >= 11 is 0. The molecule has 0 spiro atoms. The fraction of sp³-hybridized carbons (Fsp3) is 0.889. The molecule has 224 valence electrons. The molecule has 0 radical (unpaired) electrons. The van der Waals surface area contributed by atoms with Crippen molar-refractivity contribution in [1.29, 1.82) is 0 Å². The molecular weight excluding hydrogens is 570 g/mol. The van der Waals surface area contributed by atoms with E-state index >= 15 is 0 Å². The van der Waals surface area contributed by atoms with Crippen LogP contribution >= 0.6 is 0 Å².